The maximum Gasteiger partial charge on any atom is 0.224 e. The molecule has 0 fully saturated rings. The molecule has 0 radical (unpaired) electrons. The van der Waals surface area contributed by atoms with E-state index in [4.69, 9.17) is 4.74 Å². The summed E-state index contributed by atoms with van der Waals surface area (Å²) in [4.78, 5) is 19.7. The minimum absolute atomic E-state index is 0.0950. The van der Waals surface area contributed by atoms with Crippen LogP contribution in [0.4, 0.5) is 0 Å². The smallest absolute Gasteiger partial charge is 0.224 e. The van der Waals surface area contributed by atoms with E-state index in [2.05, 4.69) is 9.97 Å². The number of ketones is 1. The lowest BCUT2D eigenvalue weighted by molar-refractivity contribution is 0.103. The Hall–Kier alpha value is -2.62. The average Bonchev–Trinajstić information content (AvgIpc) is 2.90. The number of rotatable bonds is 3. The molecule has 0 saturated carbocycles. The van der Waals surface area contributed by atoms with Crippen molar-refractivity contribution < 1.29 is 9.53 Å². The summed E-state index contributed by atoms with van der Waals surface area (Å²) in [5.41, 5.74) is 2.03. The Kier molecular flexibility index (Phi) is 2.76. The lowest BCUT2D eigenvalue weighted by Gasteiger charge is -2.05. The van der Waals surface area contributed by atoms with Crippen molar-refractivity contribution in [2.45, 2.75) is 0 Å². The molecular formula is C15H12N2O2. The SMILES string of the molecule is COc1ncccc1C(=O)c1c[nH]c2ccccc12. The zero-order valence-electron chi connectivity index (χ0n) is 10.4. The molecule has 19 heavy (non-hydrogen) atoms. The van der Waals surface area contributed by atoms with Crippen LogP contribution in [0.25, 0.3) is 10.9 Å². The summed E-state index contributed by atoms with van der Waals surface area (Å²) in [6.45, 7) is 0. The van der Waals surface area contributed by atoms with Crippen LogP contribution in [0.1, 0.15) is 15.9 Å². The zero-order chi connectivity index (χ0) is 13.2. The maximum absolute atomic E-state index is 12.6. The Morgan fingerprint density at radius 2 is 2.00 bits per heavy atom. The van der Waals surface area contributed by atoms with Crippen molar-refractivity contribution in [2.24, 2.45) is 0 Å². The number of hydrogen-bond donors (Lipinski definition) is 1. The number of carbonyl (C=O) groups is 1. The van der Waals surface area contributed by atoms with Crippen LogP contribution in [0.2, 0.25) is 0 Å². The Labute approximate surface area is 110 Å². The number of pyridine rings is 1. The first kappa shape index (κ1) is 11.5. The highest BCUT2D eigenvalue weighted by molar-refractivity contribution is 6.17. The topological polar surface area (TPSA) is 55.0 Å². The van der Waals surface area contributed by atoms with E-state index in [0.717, 1.165) is 10.9 Å². The number of methoxy groups -OCH3 is 1. The molecule has 0 spiro atoms. The van der Waals surface area contributed by atoms with Gasteiger partial charge in [0.15, 0.2) is 0 Å². The van der Waals surface area contributed by atoms with Crippen LogP contribution in [-0.2, 0) is 0 Å². The van der Waals surface area contributed by atoms with Gasteiger partial charge in [-0.3, -0.25) is 4.79 Å². The molecular weight excluding hydrogens is 240 g/mol. The quantitative estimate of drug-likeness (QED) is 0.729. The summed E-state index contributed by atoms with van der Waals surface area (Å²) in [5.74, 6) is 0.250. The summed E-state index contributed by atoms with van der Waals surface area (Å²) in [7, 11) is 1.51. The van der Waals surface area contributed by atoms with Crippen molar-refractivity contribution in [3.05, 3.63) is 59.9 Å². The second-order valence-corrected chi connectivity index (χ2v) is 4.14. The third-order valence-corrected chi connectivity index (χ3v) is 3.04. The summed E-state index contributed by atoms with van der Waals surface area (Å²) in [6, 6.07) is 11.1. The van der Waals surface area contributed by atoms with E-state index >= 15 is 0 Å². The van der Waals surface area contributed by atoms with Gasteiger partial charge in [-0.05, 0) is 18.2 Å². The van der Waals surface area contributed by atoms with Gasteiger partial charge < -0.3 is 9.72 Å². The first-order valence-corrected chi connectivity index (χ1v) is 5.91. The Morgan fingerprint density at radius 1 is 1.16 bits per heavy atom. The van der Waals surface area contributed by atoms with Crippen LogP contribution in [0.3, 0.4) is 0 Å². The molecule has 0 aliphatic heterocycles. The normalized spacial score (nSPS) is 10.6. The molecule has 3 aromatic rings. The van der Waals surface area contributed by atoms with E-state index in [1.807, 2.05) is 24.3 Å². The highest BCUT2D eigenvalue weighted by Crippen LogP contribution is 2.24. The molecule has 3 rings (SSSR count). The summed E-state index contributed by atoms with van der Waals surface area (Å²) in [5, 5.41) is 0.901. The fraction of sp³-hybridized carbons (Fsp3) is 0.0667. The third-order valence-electron chi connectivity index (χ3n) is 3.04. The molecule has 1 N–H and O–H groups in total. The zero-order valence-corrected chi connectivity index (χ0v) is 10.4. The van der Waals surface area contributed by atoms with Crippen molar-refractivity contribution in [1.82, 2.24) is 9.97 Å². The fourth-order valence-electron chi connectivity index (χ4n) is 2.13. The van der Waals surface area contributed by atoms with Gasteiger partial charge in [-0.25, -0.2) is 4.98 Å². The van der Waals surface area contributed by atoms with E-state index in [-0.39, 0.29) is 5.78 Å². The number of fused-ring (bicyclic) bond motifs is 1. The summed E-state index contributed by atoms with van der Waals surface area (Å²) in [6.07, 6.45) is 3.32. The highest BCUT2D eigenvalue weighted by atomic mass is 16.5. The van der Waals surface area contributed by atoms with Crippen LogP contribution in [0, 0.1) is 0 Å². The monoisotopic (exact) mass is 252 g/mol. The number of aromatic amines is 1. The fourth-order valence-corrected chi connectivity index (χ4v) is 2.13. The highest BCUT2D eigenvalue weighted by Gasteiger charge is 2.18. The number of nitrogens with one attached hydrogen (secondary N) is 1. The largest absolute Gasteiger partial charge is 0.480 e. The van der Waals surface area contributed by atoms with Crippen LogP contribution >= 0.6 is 0 Å². The Morgan fingerprint density at radius 3 is 2.84 bits per heavy atom. The lowest BCUT2D eigenvalue weighted by Crippen LogP contribution is -2.04. The van der Waals surface area contributed by atoms with Crippen molar-refractivity contribution >= 4 is 16.7 Å². The minimum atomic E-state index is -0.0950. The van der Waals surface area contributed by atoms with Crippen molar-refractivity contribution in [2.75, 3.05) is 7.11 Å². The number of aromatic nitrogens is 2. The first-order valence-electron chi connectivity index (χ1n) is 5.91. The predicted molar refractivity (Wildman–Crippen MR) is 72.5 cm³/mol. The average molecular weight is 252 g/mol. The van der Waals surface area contributed by atoms with E-state index < -0.39 is 0 Å². The molecule has 0 bridgehead atoms. The van der Waals surface area contributed by atoms with E-state index in [1.165, 1.54) is 7.11 Å². The maximum atomic E-state index is 12.6. The summed E-state index contributed by atoms with van der Waals surface area (Å²) >= 11 is 0. The lowest BCUT2D eigenvalue weighted by atomic mass is 10.0. The van der Waals surface area contributed by atoms with Gasteiger partial charge in [0.05, 0.1) is 12.7 Å². The van der Waals surface area contributed by atoms with Gasteiger partial charge >= 0.3 is 0 Å². The van der Waals surface area contributed by atoms with Gasteiger partial charge in [0.25, 0.3) is 0 Å². The molecule has 0 amide bonds. The molecule has 0 aliphatic carbocycles. The molecule has 0 unspecified atom stereocenters. The first-order chi connectivity index (χ1) is 9.31. The molecule has 2 aromatic heterocycles. The minimum Gasteiger partial charge on any atom is -0.480 e. The van der Waals surface area contributed by atoms with Crippen molar-refractivity contribution in [1.29, 1.82) is 0 Å². The van der Waals surface area contributed by atoms with E-state index in [0.29, 0.717) is 17.0 Å². The van der Waals surface area contributed by atoms with Gasteiger partial charge in [-0.1, -0.05) is 18.2 Å². The number of nitrogens with zero attached hydrogens (tertiary/aromatic N) is 1. The van der Waals surface area contributed by atoms with Crippen molar-refractivity contribution in [3.8, 4) is 5.88 Å². The van der Waals surface area contributed by atoms with Crippen LogP contribution in [0.15, 0.2) is 48.8 Å². The molecule has 0 saturated heterocycles. The van der Waals surface area contributed by atoms with Gasteiger partial charge in [-0.2, -0.15) is 0 Å². The molecule has 0 atom stereocenters. The number of para-hydroxylation sites is 1. The molecule has 2 heterocycles. The molecule has 4 heteroatoms. The number of hydrogen-bond acceptors (Lipinski definition) is 3. The van der Waals surface area contributed by atoms with Gasteiger partial charge in [0.2, 0.25) is 11.7 Å². The number of ether oxygens (including phenoxy) is 1. The molecule has 4 nitrogen and oxygen atoms in total. The number of benzene rings is 1. The molecule has 94 valence electrons. The Bertz CT molecular complexity index is 746. The van der Waals surface area contributed by atoms with Gasteiger partial charge in [0, 0.05) is 28.9 Å². The molecule has 1 aromatic carbocycles. The predicted octanol–water partition coefficient (Wildman–Crippen LogP) is 2.80. The van der Waals surface area contributed by atoms with Gasteiger partial charge in [0.1, 0.15) is 0 Å². The van der Waals surface area contributed by atoms with Crippen LogP contribution < -0.4 is 4.74 Å². The van der Waals surface area contributed by atoms with Crippen LogP contribution in [0.5, 0.6) is 5.88 Å². The van der Waals surface area contributed by atoms with Crippen molar-refractivity contribution in [3.63, 3.8) is 0 Å². The van der Waals surface area contributed by atoms with Gasteiger partial charge in [-0.15, -0.1) is 0 Å². The Balaban J connectivity index is 2.14. The number of H-pyrrole nitrogens is 1. The molecule has 0 aliphatic rings. The summed E-state index contributed by atoms with van der Waals surface area (Å²) < 4.78 is 5.13. The third kappa shape index (κ3) is 1.87. The van der Waals surface area contributed by atoms with Crippen LogP contribution in [-0.4, -0.2) is 22.9 Å². The number of carbonyl (C=O) groups excluding carboxylic acids is 1. The second-order valence-electron chi connectivity index (χ2n) is 4.14. The second kappa shape index (κ2) is 4.57. The van der Waals surface area contributed by atoms with E-state index in [9.17, 15) is 4.79 Å². The standard InChI is InChI=1S/C15H12N2O2/c1-19-15-11(6-4-8-16-15)14(18)12-9-17-13-7-3-2-5-10(12)13/h2-9,17H,1H3. The van der Waals surface area contributed by atoms with E-state index in [1.54, 1.807) is 24.5 Å².